The quantitative estimate of drug-likeness (QED) is 0.646. The van der Waals surface area contributed by atoms with Crippen LogP contribution in [0.2, 0.25) is 0 Å². The van der Waals surface area contributed by atoms with Gasteiger partial charge in [-0.2, -0.15) is 0 Å². The minimum absolute atomic E-state index is 0.0273. The number of nitrogens with one attached hydrogen (secondary N) is 1. The summed E-state index contributed by atoms with van der Waals surface area (Å²) in [6, 6.07) is 5.36. The third-order valence-electron chi connectivity index (χ3n) is 3.41. The molecule has 1 N–H and O–H groups in total. The SMILES string of the molecule is COc1ccc(C(=O)NCCCCCCC(C)C)cc1Br. The van der Waals surface area contributed by atoms with Crippen LogP contribution >= 0.6 is 15.9 Å². The monoisotopic (exact) mass is 355 g/mol. The predicted molar refractivity (Wildman–Crippen MR) is 91.0 cm³/mol. The molecule has 1 amide bonds. The molecule has 0 aromatic heterocycles. The molecule has 0 fully saturated rings. The highest BCUT2D eigenvalue weighted by Crippen LogP contribution is 2.25. The molecule has 0 unspecified atom stereocenters. The Balaban J connectivity index is 2.23. The molecule has 0 saturated heterocycles. The molecule has 21 heavy (non-hydrogen) atoms. The fourth-order valence-electron chi connectivity index (χ4n) is 2.14. The highest BCUT2D eigenvalue weighted by Gasteiger charge is 2.08. The van der Waals surface area contributed by atoms with E-state index in [1.807, 2.05) is 0 Å². The van der Waals surface area contributed by atoms with Crippen molar-refractivity contribution in [3.05, 3.63) is 28.2 Å². The fraction of sp³-hybridized carbons (Fsp3) is 0.588. The van der Waals surface area contributed by atoms with Gasteiger partial charge in [-0.15, -0.1) is 0 Å². The van der Waals surface area contributed by atoms with Gasteiger partial charge in [0.1, 0.15) is 5.75 Å². The second-order valence-electron chi connectivity index (χ2n) is 5.70. The number of rotatable bonds is 9. The summed E-state index contributed by atoms with van der Waals surface area (Å²) in [7, 11) is 1.61. The van der Waals surface area contributed by atoms with Crippen LogP contribution in [0.15, 0.2) is 22.7 Å². The van der Waals surface area contributed by atoms with Crippen molar-refractivity contribution in [2.24, 2.45) is 5.92 Å². The molecule has 1 aromatic carbocycles. The predicted octanol–water partition coefficient (Wildman–Crippen LogP) is 4.79. The third kappa shape index (κ3) is 6.98. The van der Waals surface area contributed by atoms with Gasteiger partial charge < -0.3 is 10.1 Å². The Morgan fingerprint density at radius 1 is 1.24 bits per heavy atom. The Morgan fingerprint density at radius 3 is 2.57 bits per heavy atom. The van der Waals surface area contributed by atoms with Crippen molar-refractivity contribution in [3.8, 4) is 5.75 Å². The molecular weight excluding hydrogens is 330 g/mol. The molecule has 0 heterocycles. The van der Waals surface area contributed by atoms with Crippen LogP contribution in [-0.4, -0.2) is 19.6 Å². The first-order valence-electron chi connectivity index (χ1n) is 7.66. The molecular formula is C17H26BrNO2. The maximum atomic E-state index is 12.0. The van der Waals surface area contributed by atoms with Gasteiger partial charge in [0.25, 0.3) is 5.91 Å². The number of ether oxygens (including phenoxy) is 1. The second-order valence-corrected chi connectivity index (χ2v) is 6.56. The normalized spacial score (nSPS) is 10.7. The molecule has 4 heteroatoms. The number of carbonyl (C=O) groups is 1. The van der Waals surface area contributed by atoms with E-state index in [0.717, 1.165) is 29.1 Å². The van der Waals surface area contributed by atoms with Crippen molar-refractivity contribution in [1.29, 1.82) is 0 Å². The van der Waals surface area contributed by atoms with E-state index in [1.165, 1.54) is 25.7 Å². The molecule has 0 aliphatic heterocycles. The van der Waals surface area contributed by atoms with E-state index < -0.39 is 0 Å². The summed E-state index contributed by atoms with van der Waals surface area (Å²) in [5.41, 5.74) is 0.655. The molecule has 0 radical (unpaired) electrons. The Labute approximate surface area is 136 Å². The lowest BCUT2D eigenvalue weighted by Gasteiger charge is -2.08. The molecule has 0 bridgehead atoms. The van der Waals surface area contributed by atoms with Gasteiger partial charge in [0.05, 0.1) is 11.6 Å². The summed E-state index contributed by atoms with van der Waals surface area (Å²) in [5.74, 6) is 1.50. The van der Waals surface area contributed by atoms with Crippen molar-refractivity contribution >= 4 is 21.8 Å². The molecule has 1 aromatic rings. The highest BCUT2D eigenvalue weighted by molar-refractivity contribution is 9.10. The number of amides is 1. The summed E-state index contributed by atoms with van der Waals surface area (Å²) in [4.78, 5) is 12.0. The van der Waals surface area contributed by atoms with Crippen molar-refractivity contribution in [3.63, 3.8) is 0 Å². The lowest BCUT2D eigenvalue weighted by Crippen LogP contribution is -2.24. The van der Waals surface area contributed by atoms with Crippen LogP contribution in [0.3, 0.4) is 0 Å². The largest absolute Gasteiger partial charge is 0.496 e. The van der Waals surface area contributed by atoms with E-state index in [1.54, 1.807) is 25.3 Å². The average Bonchev–Trinajstić information content (AvgIpc) is 2.45. The summed E-state index contributed by atoms with van der Waals surface area (Å²) in [5, 5.41) is 2.96. The molecule has 0 aliphatic carbocycles. The Morgan fingerprint density at radius 2 is 1.95 bits per heavy atom. The van der Waals surface area contributed by atoms with Gasteiger partial charge in [-0.1, -0.05) is 39.5 Å². The molecule has 118 valence electrons. The van der Waals surface area contributed by atoms with Crippen LogP contribution in [0.1, 0.15) is 56.3 Å². The van der Waals surface area contributed by atoms with Gasteiger partial charge in [0.2, 0.25) is 0 Å². The Kier molecular flexibility index (Phi) is 8.43. The number of methoxy groups -OCH3 is 1. The minimum Gasteiger partial charge on any atom is -0.496 e. The van der Waals surface area contributed by atoms with Gasteiger partial charge in [0.15, 0.2) is 0 Å². The van der Waals surface area contributed by atoms with Crippen LogP contribution in [-0.2, 0) is 0 Å². The summed E-state index contributed by atoms with van der Waals surface area (Å²) in [6.07, 6.45) is 6.06. The van der Waals surface area contributed by atoms with E-state index in [0.29, 0.717) is 5.56 Å². The molecule has 3 nitrogen and oxygen atoms in total. The molecule has 0 aliphatic rings. The fourth-order valence-corrected chi connectivity index (χ4v) is 2.68. The van der Waals surface area contributed by atoms with E-state index in [4.69, 9.17) is 4.74 Å². The van der Waals surface area contributed by atoms with Crippen molar-refractivity contribution in [1.82, 2.24) is 5.32 Å². The van der Waals surface area contributed by atoms with Crippen molar-refractivity contribution < 1.29 is 9.53 Å². The third-order valence-corrected chi connectivity index (χ3v) is 4.03. The molecule has 0 spiro atoms. The maximum Gasteiger partial charge on any atom is 0.251 e. The van der Waals surface area contributed by atoms with E-state index in [9.17, 15) is 4.79 Å². The van der Waals surface area contributed by atoms with Gasteiger partial charge in [-0.05, 0) is 46.5 Å². The van der Waals surface area contributed by atoms with Crippen LogP contribution in [0.4, 0.5) is 0 Å². The average molecular weight is 356 g/mol. The van der Waals surface area contributed by atoms with Crippen LogP contribution in [0.5, 0.6) is 5.75 Å². The lowest BCUT2D eigenvalue weighted by molar-refractivity contribution is 0.0953. The number of hydrogen-bond donors (Lipinski definition) is 1. The van der Waals surface area contributed by atoms with Gasteiger partial charge in [-0.3, -0.25) is 4.79 Å². The van der Waals surface area contributed by atoms with E-state index in [-0.39, 0.29) is 5.91 Å². The smallest absolute Gasteiger partial charge is 0.251 e. The van der Waals surface area contributed by atoms with Crippen LogP contribution in [0.25, 0.3) is 0 Å². The van der Waals surface area contributed by atoms with E-state index in [2.05, 4.69) is 35.1 Å². The van der Waals surface area contributed by atoms with Crippen LogP contribution < -0.4 is 10.1 Å². The van der Waals surface area contributed by atoms with Crippen molar-refractivity contribution in [2.75, 3.05) is 13.7 Å². The molecule has 0 atom stereocenters. The number of unbranched alkanes of at least 4 members (excludes halogenated alkanes) is 3. The number of carbonyl (C=O) groups excluding carboxylic acids is 1. The Hall–Kier alpha value is -1.03. The second kappa shape index (κ2) is 9.82. The van der Waals surface area contributed by atoms with Crippen LogP contribution in [0, 0.1) is 5.92 Å². The number of halogens is 1. The van der Waals surface area contributed by atoms with Gasteiger partial charge in [0, 0.05) is 12.1 Å². The molecule has 1 rings (SSSR count). The number of benzene rings is 1. The summed E-state index contributed by atoms with van der Waals surface area (Å²) >= 11 is 3.39. The first-order valence-corrected chi connectivity index (χ1v) is 8.45. The Bertz CT molecular complexity index is 446. The molecule has 0 saturated carbocycles. The first-order chi connectivity index (χ1) is 10.0. The standard InChI is InChI=1S/C17H26BrNO2/c1-13(2)8-6-4-5-7-11-19-17(20)14-9-10-16(21-3)15(18)12-14/h9-10,12-13H,4-8,11H2,1-3H3,(H,19,20). The maximum absolute atomic E-state index is 12.0. The zero-order valence-electron chi connectivity index (χ0n) is 13.2. The summed E-state index contributed by atoms with van der Waals surface area (Å²) < 4.78 is 5.95. The van der Waals surface area contributed by atoms with Gasteiger partial charge in [-0.25, -0.2) is 0 Å². The van der Waals surface area contributed by atoms with E-state index >= 15 is 0 Å². The zero-order valence-corrected chi connectivity index (χ0v) is 14.8. The minimum atomic E-state index is -0.0273. The number of hydrogen-bond acceptors (Lipinski definition) is 2. The van der Waals surface area contributed by atoms with Gasteiger partial charge >= 0.3 is 0 Å². The highest BCUT2D eigenvalue weighted by atomic mass is 79.9. The topological polar surface area (TPSA) is 38.3 Å². The zero-order chi connectivity index (χ0) is 15.7. The summed E-state index contributed by atoms with van der Waals surface area (Å²) in [6.45, 7) is 5.25. The lowest BCUT2D eigenvalue weighted by atomic mass is 10.0. The first kappa shape index (κ1) is 18.0. The van der Waals surface area contributed by atoms with Crippen molar-refractivity contribution in [2.45, 2.75) is 46.0 Å².